The second-order valence-corrected chi connectivity index (χ2v) is 10.6. The van der Waals surface area contributed by atoms with Crippen molar-refractivity contribution in [3.05, 3.63) is 117 Å². The summed E-state index contributed by atoms with van der Waals surface area (Å²) in [4.78, 5) is 27.0. The van der Waals surface area contributed by atoms with Crippen LogP contribution in [0, 0.1) is 6.92 Å². The minimum Gasteiger partial charge on any atom is -0.374 e. The molecule has 10 nitrogen and oxygen atoms in total. The van der Waals surface area contributed by atoms with Crippen LogP contribution in [0.25, 0.3) is 0 Å². The molecule has 1 unspecified atom stereocenters. The first-order valence-electron chi connectivity index (χ1n) is 11.9. The van der Waals surface area contributed by atoms with Gasteiger partial charge in [0.25, 0.3) is 15.7 Å². The van der Waals surface area contributed by atoms with Gasteiger partial charge in [-0.2, -0.15) is 8.42 Å². The predicted molar refractivity (Wildman–Crippen MR) is 140 cm³/mol. The normalized spacial score (nSPS) is 23.4. The monoisotopic (exact) mass is 542 g/mol. The summed E-state index contributed by atoms with van der Waals surface area (Å²) in [6.45, 7) is 5.74. The summed E-state index contributed by atoms with van der Waals surface area (Å²) in [5.74, 6) is 0. The van der Waals surface area contributed by atoms with Crippen molar-refractivity contribution in [2.24, 2.45) is 0 Å². The molecule has 38 heavy (non-hydrogen) atoms. The number of aromatic nitrogens is 2. The number of ether oxygens (including phenoxy) is 3. The molecule has 2 aromatic carbocycles. The van der Waals surface area contributed by atoms with Gasteiger partial charge in [0.1, 0.15) is 11.7 Å². The van der Waals surface area contributed by atoms with Crippen LogP contribution in [0.1, 0.15) is 22.9 Å². The van der Waals surface area contributed by atoms with E-state index in [0.29, 0.717) is 0 Å². The van der Waals surface area contributed by atoms with Crippen LogP contribution in [0.15, 0.2) is 89.1 Å². The molecule has 0 aliphatic carbocycles. The minimum atomic E-state index is -4.07. The number of H-pyrrole nitrogens is 1. The molecule has 1 saturated heterocycles. The molecule has 0 bridgehead atoms. The van der Waals surface area contributed by atoms with E-state index in [2.05, 4.69) is 11.6 Å². The zero-order valence-electron chi connectivity index (χ0n) is 21.1. The van der Waals surface area contributed by atoms with Crippen LogP contribution < -0.4 is 11.2 Å². The average Bonchev–Trinajstić information content (AvgIpc) is 3.17. The molecule has 2 heterocycles. The molecule has 4 rings (SSSR count). The van der Waals surface area contributed by atoms with E-state index in [0.717, 1.165) is 21.9 Å². The van der Waals surface area contributed by atoms with E-state index >= 15 is 0 Å². The molecular formula is C27H30N2O8S. The number of nitrogens with one attached hydrogen (secondary N) is 1. The van der Waals surface area contributed by atoms with Gasteiger partial charge in [-0.25, -0.2) is 4.79 Å². The minimum absolute atomic E-state index is 0.0348. The maximum Gasteiger partial charge on any atom is 0.330 e. The van der Waals surface area contributed by atoms with E-state index in [9.17, 15) is 18.0 Å². The third kappa shape index (κ3) is 6.20. The third-order valence-electron chi connectivity index (χ3n) is 6.24. The van der Waals surface area contributed by atoms with Crippen molar-refractivity contribution in [2.45, 2.75) is 44.2 Å². The Morgan fingerprint density at radius 1 is 1.05 bits per heavy atom. The molecule has 0 amide bonds. The van der Waals surface area contributed by atoms with Crippen LogP contribution in [0.5, 0.6) is 0 Å². The number of aromatic amines is 1. The molecular weight excluding hydrogens is 512 g/mol. The first-order chi connectivity index (χ1) is 18.1. The number of hydrogen-bond donors (Lipinski definition) is 1. The van der Waals surface area contributed by atoms with E-state index in [1.54, 1.807) is 0 Å². The fourth-order valence-corrected chi connectivity index (χ4v) is 4.96. The van der Waals surface area contributed by atoms with Crippen molar-refractivity contribution in [2.75, 3.05) is 12.9 Å². The number of hydrogen-bond acceptors (Lipinski definition) is 8. The Labute approximate surface area is 220 Å². The first-order valence-corrected chi connectivity index (χ1v) is 13.7. The Balaban J connectivity index is 1.75. The molecule has 1 aliphatic heterocycles. The Bertz CT molecular complexity index is 1470. The molecule has 0 saturated carbocycles. The zero-order chi connectivity index (χ0) is 27.3. The van der Waals surface area contributed by atoms with Gasteiger partial charge in [-0.05, 0) is 18.1 Å². The lowest BCUT2D eigenvalue weighted by Gasteiger charge is -2.35. The van der Waals surface area contributed by atoms with Crippen LogP contribution >= 0.6 is 0 Å². The van der Waals surface area contributed by atoms with Crippen LogP contribution in [0.3, 0.4) is 0 Å². The second kappa shape index (κ2) is 11.6. The highest BCUT2D eigenvalue weighted by molar-refractivity contribution is 7.86. The van der Waals surface area contributed by atoms with Gasteiger partial charge in [-0.1, -0.05) is 66.7 Å². The predicted octanol–water partition coefficient (Wildman–Crippen LogP) is 2.45. The molecule has 0 radical (unpaired) electrons. The number of nitrogens with zero attached hydrogens (tertiary/aromatic N) is 1. The number of benzene rings is 2. The molecule has 3 aromatic rings. The second-order valence-electron chi connectivity index (χ2n) is 9.05. The van der Waals surface area contributed by atoms with Crippen molar-refractivity contribution < 1.29 is 26.8 Å². The van der Waals surface area contributed by atoms with Crippen LogP contribution in [0.4, 0.5) is 0 Å². The van der Waals surface area contributed by atoms with E-state index in [1.807, 2.05) is 60.7 Å². The molecule has 1 fully saturated rings. The maximum atomic E-state index is 12.8. The highest BCUT2D eigenvalue weighted by Crippen LogP contribution is 2.43. The summed E-state index contributed by atoms with van der Waals surface area (Å²) >= 11 is 0. The molecule has 1 N–H and O–H groups in total. The van der Waals surface area contributed by atoms with Gasteiger partial charge >= 0.3 is 5.69 Å². The lowest BCUT2D eigenvalue weighted by atomic mass is 9.91. The molecule has 1 aromatic heterocycles. The Morgan fingerprint density at radius 3 is 2.24 bits per heavy atom. The van der Waals surface area contributed by atoms with Gasteiger partial charge in [0, 0.05) is 11.8 Å². The Kier molecular flexibility index (Phi) is 8.44. The van der Waals surface area contributed by atoms with Gasteiger partial charge < -0.3 is 14.2 Å². The molecule has 11 heteroatoms. The zero-order valence-corrected chi connectivity index (χ0v) is 21.9. The summed E-state index contributed by atoms with van der Waals surface area (Å²) in [5, 5.41) is 0. The smallest absolute Gasteiger partial charge is 0.330 e. The first kappa shape index (κ1) is 27.7. The summed E-state index contributed by atoms with van der Waals surface area (Å²) in [6, 6.07) is 18.7. The highest BCUT2D eigenvalue weighted by Gasteiger charge is 2.59. The lowest BCUT2D eigenvalue weighted by Crippen LogP contribution is -2.52. The van der Waals surface area contributed by atoms with Crippen molar-refractivity contribution in [1.29, 1.82) is 0 Å². The third-order valence-corrected chi connectivity index (χ3v) is 6.80. The van der Waals surface area contributed by atoms with E-state index in [1.165, 1.54) is 19.2 Å². The van der Waals surface area contributed by atoms with Gasteiger partial charge in [-0.3, -0.25) is 18.5 Å². The Morgan fingerprint density at radius 2 is 1.66 bits per heavy atom. The van der Waals surface area contributed by atoms with Crippen molar-refractivity contribution in [3.63, 3.8) is 0 Å². The summed E-state index contributed by atoms with van der Waals surface area (Å²) in [7, 11) is -4.07. The topological polar surface area (TPSA) is 126 Å². The van der Waals surface area contributed by atoms with Crippen LogP contribution in [-0.4, -0.2) is 48.6 Å². The SMILES string of the molecule is C=C[C@@]1(OCc2ccccc2)[C@@H](COCc2ccccc2)OC(n2cc(C)c(=O)[nH]c2=O)[C@@H]1OS(C)(=O)=O. The van der Waals surface area contributed by atoms with Crippen molar-refractivity contribution in [1.82, 2.24) is 9.55 Å². The van der Waals surface area contributed by atoms with Gasteiger partial charge in [-0.15, -0.1) is 6.58 Å². The van der Waals surface area contributed by atoms with E-state index in [4.69, 9.17) is 18.4 Å². The lowest BCUT2D eigenvalue weighted by molar-refractivity contribution is -0.119. The standard InChI is InChI=1S/C27H30N2O8S/c1-4-27(35-17-21-13-9-6-10-14-21)22(18-34-16-20-11-7-5-8-12-20)36-25(23(27)37-38(3,32)33)29-15-19(2)24(30)28-26(29)31/h4-15,22-23,25H,1,16-18H2,2-3H3,(H,28,30,31)/t22-,23+,25?,27-/m1/s1. The number of aryl methyl sites for hydroxylation is 1. The average molecular weight is 543 g/mol. The van der Waals surface area contributed by atoms with Gasteiger partial charge in [0.05, 0.1) is 26.1 Å². The molecule has 1 aliphatic rings. The molecule has 202 valence electrons. The van der Waals surface area contributed by atoms with Crippen LogP contribution in [-0.2, 0) is 41.7 Å². The Hall–Kier alpha value is -3.35. The van der Waals surface area contributed by atoms with Crippen molar-refractivity contribution in [3.8, 4) is 0 Å². The van der Waals surface area contributed by atoms with E-state index < -0.39 is 45.4 Å². The van der Waals surface area contributed by atoms with Crippen molar-refractivity contribution >= 4 is 10.1 Å². The summed E-state index contributed by atoms with van der Waals surface area (Å²) in [6.07, 6.45) is 0.0337. The molecule has 0 spiro atoms. The van der Waals surface area contributed by atoms with E-state index in [-0.39, 0.29) is 25.4 Å². The largest absolute Gasteiger partial charge is 0.374 e. The fourth-order valence-electron chi connectivity index (χ4n) is 4.34. The number of rotatable bonds is 11. The quantitative estimate of drug-likeness (QED) is 0.289. The highest BCUT2D eigenvalue weighted by atomic mass is 32.2. The fraction of sp³-hybridized carbons (Fsp3) is 0.333. The molecule has 4 atom stereocenters. The van der Waals surface area contributed by atoms with Gasteiger partial charge in [0.2, 0.25) is 0 Å². The summed E-state index contributed by atoms with van der Waals surface area (Å²) < 4.78 is 50.0. The maximum absolute atomic E-state index is 12.8. The van der Waals surface area contributed by atoms with Gasteiger partial charge in [0.15, 0.2) is 12.3 Å². The summed E-state index contributed by atoms with van der Waals surface area (Å²) in [5.41, 5.74) is -0.944. The van der Waals surface area contributed by atoms with Crippen LogP contribution in [0.2, 0.25) is 0 Å².